The first-order valence-electron chi connectivity index (χ1n) is 8.43. The van der Waals surface area contributed by atoms with Crippen LogP contribution in [0, 0.1) is 0 Å². The third-order valence-corrected chi connectivity index (χ3v) is 7.62. The molecule has 10 heteroatoms. The summed E-state index contributed by atoms with van der Waals surface area (Å²) in [7, 11) is -1.62. The van der Waals surface area contributed by atoms with Crippen LogP contribution in [0.1, 0.15) is 19.3 Å². The van der Waals surface area contributed by atoms with E-state index in [1.807, 2.05) is 12.1 Å². The minimum atomic E-state index is -3.15. The van der Waals surface area contributed by atoms with Crippen molar-refractivity contribution in [3.63, 3.8) is 0 Å². The Bertz CT molecular complexity index is 883. The maximum atomic E-state index is 12.2. The van der Waals surface area contributed by atoms with Crippen molar-refractivity contribution < 1.29 is 27.9 Å². The van der Waals surface area contributed by atoms with Gasteiger partial charge >= 0.3 is 5.97 Å². The quantitative estimate of drug-likeness (QED) is 0.749. The lowest BCUT2D eigenvalue weighted by molar-refractivity contribution is -0.137. The van der Waals surface area contributed by atoms with Crippen LogP contribution < -0.4 is 9.64 Å². The highest BCUT2D eigenvalue weighted by Crippen LogP contribution is 2.43. The van der Waals surface area contributed by atoms with Gasteiger partial charge in [0.2, 0.25) is 5.91 Å². The number of amides is 1. The van der Waals surface area contributed by atoms with Crippen LogP contribution >= 0.6 is 11.8 Å². The lowest BCUT2D eigenvalue weighted by Crippen LogP contribution is -2.38. The monoisotopic (exact) mass is 412 g/mol. The number of carboxylic acid groups (broad SMARTS) is 1. The Balaban J connectivity index is 1.90. The second kappa shape index (κ2) is 7.89. The molecular formula is C17H20N2O6S2. The number of benzene rings is 1. The number of carboxylic acids is 1. The number of sulfone groups is 1. The van der Waals surface area contributed by atoms with Crippen molar-refractivity contribution in [3.05, 3.63) is 24.3 Å². The number of aliphatic imine (C=N–C) groups is 1. The summed E-state index contributed by atoms with van der Waals surface area (Å²) < 4.78 is 29.5. The second-order valence-corrected chi connectivity index (χ2v) is 9.74. The first-order chi connectivity index (χ1) is 12.8. The highest BCUT2D eigenvalue weighted by atomic mass is 32.2. The van der Waals surface area contributed by atoms with Crippen LogP contribution in [0.2, 0.25) is 0 Å². The van der Waals surface area contributed by atoms with E-state index in [1.165, 1.54) is 18.9 Å². The number of amidine groups is 1. The first-order valence-corrected chi connectivity index (χ1v) is 11.1. The highest BCUT2D eigenvalue weighted by molar-refractivity contribution is 8.16. The lowest BCUT2D eigenvalue weighted by atomic mass is 10.2. The minimum absolute atomic E-state index is 0.00502. The molecule has 2 atom stereocenters. The molecular weight excluding hydrogens is 392 g/mol. The Morgan fingerprint density at radius 2 is 2.04 bits per heavy atom. The number of nitrogens with zero attached hydrogens (tertiary/aromatic N) is 2. The zero-order valence-electron chi connectivity index (χ0n) is 14.7. The topological polar surface area (TPSA) is 113 Å². The third kappa shape index (κ3) is 4.44. The van der Waals surface area contributed by atoms with E-state index in [0.29, 0.717) is 16.6 Å². The van der Waals surface area contributed by atoms with Crippen LogP contribution in [0.15, 0.2) is 29.3 Å². The van der Waals surface area contributed by atoms with Gasteiger partial charge in [0.05, 0.1) is 30.3 Å². The number of ether oxygens (including phenoxy) is 1. The summed E-state index contributed by atoms with van der Waals surface area (Å²) in [6.07, 6.45) is 0.152. The standard InChI is InChI=1S/C17H20N2O6S2/c1-25-13-6-3-2-5-11(13)19-12-9-27(23,24)10-14(12)26-17(19)18-15(20)7-4-8-16(21)22/h2-3,5-6,12,14H,4,7-10H2,1H3,(H,21,22)/t12-,14+/m1/s1. The summed E-state index contributed by atoms with van der Waals surface area (Å²) in [5, 5.41) is 8.92. The van der Waals surface area contributed by atoms with Gasteiger partial charge in [0, 0.05) is 18.1 Å². The Kier molecular flexibility index (Phi) is 5.75. The summed E-state index contributed by atoms with van der Waals surface area (Å²) in [4.78, 5) is 28.7. The Hall–Kier alpha value is -2.07. The van der Waals surface area contributed by atoms with Gasteiger partial charge in [-0.15, -0.1) is 0 Å². The highest BCUT2D eigenvalue weighted by Gasteiger charge is 2.49. The van der Waals surface area contributed by atoms with Crippen LogP contribution in [0.3, 0.4) is 0 Å². The fourth-order valence-corrected chi connectivity index (χ4v) is 7.15. The Morgan fingerprint density at radius 3 is 2.74 bits per heavy atom. The van der Waals surface area contributed by atoms with Crippen LogP contribution in [0.4, 0.5) is 5.69 Å². The molecule has 27 heavy (non-hydrogen) atoms. The van der Waals surface area contributed by atoms with Gasteiger partial charge in [-0.05, 0) is 18.6 Å². The number of aliphatic carboxylic acids is 1. The number of fused-ring (bicyclic) bond motifs is 1. The summed E-state index contributed by atoms with van der Waals surface area (Å²) in [5.74, 6) is -0.772. The molecule has 0 spiro atoms. The van der Waals surface area contributed by atoms with Gasteiger partial charge in [-0.25, -0.2) is 8.42 Å². The fraction of sp³-hybridized carbons (Fsp3) is 0.471. The molecule has 3 rings (SSSR count). The molecule has 2 heterocycles. The van der Waals surface area contributed by atoms with Gasteiger partial charge in [0.15, 0.2) is 15.0 Å². The minimum Gasteiger partial charge on any atom is -0.495 e. The molecule has 0 bridgehead atoms. The fourth-order valence-electron chi connectivity index (χ4n) is 3.23. The smallest absolute Gasteiger partial charge is 0.303 e. The zero-order valence-corrected chi connectivity index (χ0v) is 16.3. The molecule has 2 saturated heterocycles. The number of hydrogen-bond donors (Lipinski definition) is 1. The van der Waals surface area contributed by atoms with Gasteiger partial charge < -0.3 is 14.7 Å². The maximum Gasteiger partial charge on any atom is 0.303 e. The van der Waals surface area contributed by atoms with Crippen molar-refractivity contribution >= 4 is 44.3 Å². The zero-order chi connectivity index (χ0) is 19.6. The van der Waals surface area contributed by atoms with E-state index in [9.17, 15) is 18.0 Å². The van der Waals surface area contributed by atoms with E-state index in [0.717, 1.165) is 0 Å². The Labute approximate surface area is 161 Å². The second-order valence-electron chi connectivity index (χ2n) is 6.38. The normalized spacial score (nSPS) is 24.8. The van der Waals surface area contributed by atoms with Crippen molar-refractivity contribution in [2.24, 2.45) is 4.99 Å². The molecule has 146 valence electrons. The average Bonchev–Trinajstić information content (AvgIpc) is 3.05. The van der Waals surface area contributed by atoms with Crippen molar-refractivity contribution in [2.75, 3.05) is 23.5 Å². The molecule has 0 aromatic heterocycles. The van der Waals surface area contributed by atoms with E-state index in [-0.39, 0.29) is 42.1 Å². The number of para-hydroxylation sites is 2. The molecule has 0 aliphatic carbocycles. The van der Waals surface area contributed by atoms with Gasteiger partial charge in [-0.1, -0.05) is 23.9 Å². The predicted octanol–water partition coefficient (Wildman–Crippen LogP) is 1.55. The SMILES string of the molecule is COc1ccccc1N1C(=NC(=O)CCCC(=O)O)S[C@H]2CS(=O)(=O)C[C@H]21. The molecule has 1 aromatic rings. The summed E-state index contributed by atoms with van der Waals surface area (Å²) in [6.45, 7) is 0. The van der Waals surface area contributed by atoms with E-state index in [2.05, 4.69) is 4.99 Å². The van der Waals surface area contributed by atoms with Crippen LogP contribution in [0.25, 0.3) is 0 Å². The predicted molar refractivity (Wildman–Crippen MR) is 103 cm³/mol. The molecule has 2 aliphatic heterocycles. The molecule has 0 saturated carbocycles. The first kappa shape index (κ1) is 19.7. The molecule has 8 nitrogen and oxygen atoms in total. The number of anilines is 1. The molecule has 1 aromatic carbocycles. The number of carbonyl (C=O) groups excluding carboxylic acids is 1. The number of methoxy groups -OCH3 is 1. The van der Waals surface area contributed by atoms with Crippen LogP contribution in [-0.2, 0) is 19.4 Å². The van der Waals surface area contributed by atoms with Crippen molar-refractivity contribution in [2.45, 2.75) is 30.6 Å². The van der Waals surface area contributed by atoms with E-state index in [4.69, 9.17) is 9.84 Å². The summed E-state index contributed by atoms with van der Waals surface area (Å²) >= 11 is 1.28. The average molecular weight is 412 g/mol. The van der Waals surface area contributed by atoms with Gasteiger partial charge in [0.1, 0.15) is 5.75 Å². The van der Waals surface area contributed by atoms with E-state index < -0.39 is 21.7 Å². The van der Waals surface area contributed by atoms with Crippen LogP contribution in [-0.4, -0.2) is 60.5 Å². The van der Waals surface area contributed by atoms with Gasteiger partial charge in [-0.3, -0.25) is 9.59 Å². The van der Waals surface area contributed by atoms with Crippen molar-refractivity contribution in [1.29, 1.82) is 0 Å². The van der Waals surface area contributed by atoms with Gasteiger partial charge in [0.25, 0.3) is 0 Å². The summed E-state index contributed by atoms with van der Waals surface area (Å²) in [5.41, 5.74) is 0.661. The third-order valence-electron chi connectivity index (χ3n) is 4.41. The molecule has 0 unspecified atom stereocenters. The number of hydrogen-bond acceptors (Lipinski definition) is 6. The maximum absolute atomic E-state index is 12.2. The van der Waals surface area contributed by atoms with Crippen molar-refractivity contribution in [3.8, 4) is 5.75 Å². The van der Waals surface area contributed by atoms with Crippen LogP contribution in [0.5, 0.6) is 5.75 Å². The van der Waals surface area contributed by atoms with Crippen molar-refractivity contribution in [1.82, 2.24) is 0 Å². The molecule has 2 aliphatic rings. The van der Waals surface area contributed by atoms with Gasteiger partial charge in [-0.2, -0.15) is 4.99 Å². The number of thioether (sulfide) groups is 1. The number of carbonyl (C=O) groups is 2. The molecule has 0 radical (unpaired) electrons. The molecule has 2 fully saturated rings. The van der Waals surface area contributed by atoms with E-state index in [1.54, 1.807) is 17.0 Å². The lowest BCUT2D eigenvalue weighted by Gasteiger charge is -2.26. The largest absolute Gasteiger partial charge is 0.495 e. The van der Waals surface area contributed by atoms with E-state index >= 15 is 0 Å². The summed E-state index contributed by atoms with van der Waals surface area (Å²) in [6, 6.07) is 6.87. The molecule has 1 amide bonds. The number of rotatable bonds is 6. The molecule has 1 N–H and O–H groups in total. The Morgan fingerprint density at radius 1 is 1.30 bits per heavy atom.